The molecule has 1 aromatic rings. The van der Waals surface area contributed by atoms with E-state index in [1.54, 1.807) is 6.20 Å². The maximum Gasteiger partial charge on any atom is 0.239 e. The van der Waals surface area contributed by atoms with Gasteiger partial charge in [0.15, 0.2) is 0 Å². The van der Waals surface area contributed by atoms with E-state index in [2.05, 4.69) is 29.5 Å². The van der Waals surface area contributed by atoms with Gasteiger partial charge in [-0.2, -0.15) is 0 Å². The summed E-state index contributed by atoms with van der Waals surface area (Å²) in [6, 6.07) is 3.82. The summed E-state index contributed by atoms with van der Waals surface area (Å²) in [6.45, 7) is 10.2. The van der Waals surface area contributed by atoms with Crippen LogP contribution >= 0.6 is 0 Å². The summed E-state index contributed by atoms with van der Waals surface area (Å²) < 4.78 is 5.59. The molecule has 0 saturated carbocycles. The van der Waals surface area contributed by atoms with E-state index in [-0.39, 0.29) is 24.6 Å². The summed E-state index contributed by atoms with van der Waals surface area (Å²) in [5, 5.41) is 6.01. The Labute approximate surface area is 121 Å². The molecule has 1 aromatic heterocycles. The summed E-state index contributed by atoms with van der Waals surface area (Å²) in [4.78, 5) is 16.0. The van der Waals surface area contributed by atoms with Gasteiger partial charge in [0.05, 0.1) is 18.3 Å². The number of rotatable bonds is 7. The van der Waals surface area contributed by atoms with Crippen molar-refractivity contribution in [1.82, 2.24) is 10.3 Å². The van der Waals surface area contributed by atoms with Crippen LogP contribution in [0.2, 0.25) is 0 Å². The molecule has 112 valence electrons. The second-order valence-electron chi connectivity index (χ2n) is 5.48. The molecule has 2 N–H and O–H groups in total. The largest absolute Gasteiger partial charge is 0.473 e. The molecule has 0 aliphatic heterocycles. The minimum atomic E-state index is -0.0365. The predicted octanol–water partition coefficient (Wildman–Crippen LogP) is 2.44. The summed E-state index contributed by atoms with van der Waals surface area (Å²) in [5.74, 6) is 0.898. The van der Waals surface area contributed by atoms with E-state index < -0.39 is 0 Å². The Morgan fingerprint density at radius 3 is 2.60 bits per heavy atom. The Balaban J connectivity index is 2.55. The molecule has 1 atom stereocenters. The van der Waals surface area contributed by atoms with Gasteiger partial charge in [0, 0.05) is 12.2 Å². The molecule has 5 nitrogen and oxygen atoms in total. The van der Waals surface area contributed by atoms with Crippen LogP contribution in [-0.4, -0.2) is 29.6 Å². The monoisotopic (exact) mass is 279 g/mol. The van der Waals surface area contributed by atoms with Gasteiger partial charge in [0.25, 0.3) is 0 Å². The third-order valence-corrected chi connectivity index (χ3v) is 2.95. The highest BCUT2D eigenvalue weighted by atomic mass is 16.5. The molecule has 1 heterocycles. The molecule has 0 aliphatic carbocycles. The number of pyridine rings is 1. The zero-order valence-corrected chi connectivity index (χ0v) is 12.9. The zero-order valence-electron chi connectivity index (χ0n) is 12.9. The standard InChI is InChI=1S/C15H25N3O2/c1-10(2)12(5)18-14(19)9-17-13-7-6-8-16-15(13)20-11(3)4/h6-8,10-12,17H,9H2,1-5H3,(H,18,19). The van der Waals surface area contributed by atoms with Gasteiger partial charge in [0.2, 0.25) is 11.8 Å². The van der Waals surface area contributed by atoms with Crippen molar-refractivity contribution < 1.29 is 9.53 Å². The Morgan fingerprint density at radius 1 is 1.30 bits per heavy atom. The normalized spacial score (nSPS) is 12.3. The molecule has 0 aromatic carbocycles. The van der Waals surface area contributed by atoms with Crippen LogP contribution < -0.4 is 15.4 Å². The first-order valence-electron chi connectivity index (χ1n) is 7.05. The number of hydrogen-bond acceptors (Lipinski definition) is 4. The molecule has 1 unspecified atom stereocenters. The van der Waals surface area contributed by atoms with Crippen molar-refractivity contribution in [2.45, 2.75) is 46.8 Å². The van der Waals surface area contributed by atoms with Crippen LogP contribution in [0, 0.1) is 5.92 Å². The van der Waals surface area contributed by atoms with Crippen LogP contribution in [0.3, 0.4) is 0 Å². The van der Waals surface area contributed by atoms with Crippen molar-refractivity contribution in [3.8, 4) is 5.88 Å². The lowest BCUT2D eigenvalue weighted by atomic mass is 10.1. The second-order valence-corrected chi connectivity index (χ2v) is 5.48. The van der Waals surface area contributed by atoms with E-state index >= 15 is 0 Å². The molecular weight excluding hydrogens is 254 g/mol. The fourth-order valence-electron chi connectivity index (χ4n) is 1.49. The number of hydrogen-bond donors (Lipinski definition) is 2. The second kappa shape index (κ2) is 7.72. The average molecular weight is 279 g/mol. The van der Waals surface area contributed by atoms with E-state index in [4.69, 9.17) is 4.74 Å². The fraction of sp³-hybridized carbons (Fsp3) is 0.600. The Morgan fingerprint density at radius 2 is 2.00 bits per heavy atom. The Hall–Kier alpha value is -1.78. The van der Waals surface area contributed by atoms with Crippen molar-refractivity contribution in [3.63, 3.8) is 0 Å². The molecule has 0 saturated heterocycles. The van der Waals surface area contributed by atoms with Crippen molar-refractivity contribution in [2.24, 2.45) is 5.92 Å². The summed E-state index contributed by atoms with van der Waals surface area (Å²) in [6.07, 6.45) is 1.71. The van der Waals surface area contributed by atoms with Gasteiger partial charge >= 0.3 is 0 Å². The molecular formula is C15H25N3O2. The average Bonchev–Trinajstić information content (AvgIpc) is 2.36. The van der Waals surface area contributed by atoms with E-state index in [0.29, 0.717) is 11.8 Å². The lowest BCUT2D eigenvalue weighted by Crippen LogP contribution is -2.39. The first kappa shape index (κ1) is 16.3. The van der Waals surface area contributed by atoms with Crippen LogP contribution in [-0.2, 0) is 4.79 Å². The van der Waals surface area contributed by atoms with Gasteiger partial charge in [-0.05, 0) is 38.8 Å². The fourth-order valence-corrected chi connectivity index (χ4v) is 1.49. The maximum absolute atomic E-state index is 11.8. The van der Waals surface area contributed by atoms with E-state index in [0.717, 1.165) is 5.69 Å². The number of ether oxygens (including phenoxy) is 1. The smallest absolute Gasteiger partial charge is 0.239 e. The highest BCUT2D eigenvalue weighted by Gasteiger charge is 2.12. The molecule has 0 aliphatic rings. The maximum atomic E-state index is 11.8. The van der Waals surface area contributed by atoms with E-state index in [1.165, 1.54) is 0 Å². The molecule has 0 bridgehead atoms. The minimum Gasteiger partial charge on any atom is -0.473 e. The lowest BCUT2D eigenvalue weighted by molar-refractivity contribution is -0.120. The van der Waals surface area contributed by atoms with Crippen LogP contribution in [0.15, 0.2) is 18.3 Å². The third kappa shape index (κ3) is 5.47. The molecule has 1 rings (SSSR count). The number of amides is 1. The summed E-state index contributed by atoms with van der Waals surface area (Å²) >= 11 is 0. The zero-order chi connectivity index (χ0) is 15.1. The number of carbonyl (C=O) groups is 1. The first-order chi connectivity index (χ1) is 9.40. The van der Waals surface area contributed by atoms with Gasteiger partial charge in [-0.1, -0.05) is 13.8 Å². The van der Waals surface area contributed by atoms with Gasteiger partial charge in [-0.3, -0.25) is 4.79 Å². The first-order valence-corrected chi connectivity index (χ1v) is 7.05. The highest BCUT2D eigenvalue weighted by Crippen LogP contribution is 2.21. The SMILES string of the molecule is CC(C)Oc1ncccc1NCC(=O)NC(C)C(C)C. The number of aromatic nitrogens is 1. The van der Waals surface area contributed by atoms with Gasteiger partial charge in [0.1, 0.15) is 0 Å². The molecule has 0 spiro atoms. The van der Waals surface area contributed by atoms with Crippen LogP contribution in [0.4, 0.5) is 5.69 Å². The molecule has 1 amide bonds. The van der Waals surface area contributed by atoms with E-state index in [9.17, 15) is 4.79 Å². The molecule has 0 fully saturated rings. The van der Waals surface area contributed by atoms with Crippen LogP contribution in [0.1, 0.15) is 34.6 Å². The van der Waals surface area contributed by atoms with Gasteiger partial charge in [-0.25, -0.2) is 4.98 Å². The topological polar surface area (TPSA) is 63.2 Å². The number of nitrogens with one attached hydrogen (secondary N) is 2. The Kier molecular flexibility index (Phi) is 6.28. The van der Waals surface area contributed by atoms with Crippen molar-refractivity contribution >= 4 is 11.6 Å². The number of carbonyl (C=O) groups excluding carboxylic acids is 1. The summed E-state index contributed by atoms with van der Waals surface area (Å²) in [5.41, 5.74) is 0.730. The molecule has 0 radical (unpaired) electrons. The number of nitrogens with zero attached hydrogens (tertiary/aromatic N) is 1. The van der Waals surface area contributed by atoms with Crippen LogP contribution in [0.5, 0.6) is 5.88 Å². The highest BCUT2D eigenvalue weighted by molar-refractivity contribution is 5.81. The van der Waals surface area contributed by atoms with Crippen molar-refractivity contribution in [2.75, 3.05) is 11.9 Å². The van der Waals surface area contributed by atoms with Crippen molar-refractivity contribution in [3.05, 3.63) is 18.3 Å². The predicted molar refractivity (Wildman–Crippen MR) is 80.9 cm³/mol. The van der Waals surface area contributed by atoms with E-state index in [1.807, 2.05) is 32.9 Å². The van der Waals surface area contributed by atoms with Gasteiger partial charge < -0.3 is 15.4 Å². The van der Waals surface area contributed by atoms with Gasteiger partial charge in [-0.15, -0.1) is 0 Å². The Bertz CT molecular complexity index is 433. The van der Waals surface area contributed by atoms with Crippen LogP contribution in [0.25, 0.3) is 0 Å². The lowest BCUT2D eigenvalue weighted by Gasteiger charge is -2.18. The third-order valence-electron chi connectivity index (χ3n) is 2.95. The molecule has 20 heavy (non-hydrogen) atoms. The minimum absolute atomic E-state index is 0.0365. The summed E-state index contributed by atoms with van der Waals surface area (Å²) in [7, 11) is 0. The van der Waals surface area contributed by atoms with Crippen molar-refractivity contribution in [1.29, 1.82) is 0 Å². The quantitative estimate of drug-likeness (QED) is 0.804. The number of anilines is 1. The molecule has 5 heteroatoms.